The molecule has 0 unspecified atom stereocenters. The number of nitrogens with one attached hydrogen (secondary N) is 1. The highest BCUT2D eigenvalue weighted by Crippen LogP contribution is 2.28. The Kier molecular flexibility index (Phi) is 4.02. The Bertz CT molecular complexity index is 346. The van der Waals surface area contributed by atoms with E-state index in [1.807, 2.05) is 11.4 Å². The minimum Gasteiger partial charge on any atom is -0.352 e. The zero-order chi connectivity index (χ0) is 10.7. The fourth-order valence-electron chi connectivity index (χ4n) is 1.70. The third-order valence-electron chi connectivity index (χ3n) is 2.89. The van der Waals surface area contributed by atoms with Crippen molar-refractivity contribution in [2.75, 3.05) is 6.54 Å². The average molecular weight is 335 g/mol. The van der Waals surface area contributed by atoms with Gasteiger partial charge in [0.15, 0.2) is 0 Å². The molecule has 15 heavy (non-hydrogen) atoms. The minimum atomic E-state index is 0.0773. The molecule has 2 nitrogen and oxygen atoms in total. The van der Waals surface area contributed by atoms with Gasteiger partial charge < -0.3 is 5.32 Å². The molecule has 1 aromatic heterocycles. The highest BCUT2D eigenvalue weighted by molar-refractivity contribution is 14.1. The van der Waals surface area contributed by atoms with Crippen molar-refractivity contribution in [3.05, 3.63) is 19.9 Å². The molecule has 0 spiro atoms. The summed E-state index contributed by atoms with van der Waals surface area (Å²) < 4.78 is 1.16. The van der Waals surface area contributed by atoms with E-state index in [-0.39, 0.29) is 5.91 Å². The lowest BCUT2D eigenvalue weighted by molar-refractivity contribution is 0.0949. The second-order valence-electron chi connectivity index (χ2n) is 3.98. The van der Waals surface area contributed by atoms with E-state index in [2.05, 4.69) is 27.9 Å². The Hall–Kier alpha value is -0.100. The monoisotopic (exact) mass is 335 g/mol. The van der Waals surface area contributed by atoms with Crippen LogP contribution in [0.25, 0.3) is 0 Å². The van der Waals surface area contributed by atoms with E-state index in [0.717, 1.165) is 27.3 Å². The van der Waals surface area contributed by atoms with Gasteiger partial charge >= 0.3 is 0 Å². The first kappa shape index (κ1) is 11.4. The molecule has 82 valence electrons. The summed E-state index contributed by atoms with van der Waals surface area (Å²) in [4.78, 5) is 11.6. The second kappa shape index (κ2) is 5.30. The first-order chi connectivity index (χ1) is 7.25. The second-order valence-corrected chi connectivity index (χ2v) is 6.79. The number of carbonyl (C=O) groups is 1. The molecule has 2 rings (SSSR count). The van der Waals surface area contributed by atoms with Crippen LogP contribution in [-0.4, -0.2) is 12.5 Å². The molecule has 0 atom stereocenters. The number of halogens is 1. The van der Waals surface area contributed by atoms with Crippen LogP contribution in [-0.2, 0) is 0 Å². The van der Waals surface area contributed by atoms with E-state index in [1.54, 1.807) is 11.3 Å². The molecule has 0 saturated heterocycles. The van der Waals surface area contributed by atoms with Crippen LogP contribution in [0.15, 0.2) is 11.4 Å². The van der Waals surface area contributed by atoms with Crippen molar-refractivity contribution in [1.29, 1.82) is 0 Å². The molecular weight excluding hydrogens is 321 g/mol. The Morgan fingerprint density at radius 2 is 2.40 bits per heavy atom. The van der Waals surface area contributed by atoms with Gasteiger partial charge in [-0.2, -0.15) is 0 Å². The molecular formula is C11H14INOS. The maximum atomic E-state index is 11.6. The van der Waals surface area contributed by atoms with E-state index in [1.165, 1.54) is 19.3 Å². The summed E-state index contributed by atoms with van der Waals surface area (Å²) in [5.41, 5.74) is 0.804. The number of thiophene rings is 1. The molecule has 1 saturated carbocycles. The summed E-state index contributed by atoms with van der Waals surface area (Å²) >= 11 is 3.85. The molecule has 1 N–H and O–H groups in total. The number of carbonyl (C=O) groups excluding carboxylic acids is 1. The standard InChI is InChI=1S/C11H14INOS/c12-10-6-9(7-15-10)11(14)13-5-4-8-2-1-3-8/h6-8H,1-5H2,(H,13,14). The van der Waals surface area contributed by atoms with Gasteiger partial charge in [-0.3, -0.25) is 4.79 Å². The quantitative estimate of drug-likeness (QED) is 0.841. The predicted molar refractivity (Wildman–Crippen MR) is 71.3 cm³/mol. The van der Waals surface area contributed by atoms with Gasteiger partial charge in [-0.15, -0.1) is 11.3 Å². The van der Waals surface area contributed by atoms with Crippen LogP contribution in [0.5, 0.6) is 0 Å². The molecule has 1 aliphatic rings. The molecule has 1 fully saturated rings. The van der Waals surface area contributed by atoms with Gasteiger partial charge in [-0.25, -0.2) is 0 Å². The van der Waals surface area contributed by atoms with Crippen LogP contribution in [0.2, 0.25) is 0 Å². The Morgan fingerprint density at radius 1 is 1.60 bits per heavy atom. The smallest absolute Gasteiger partial charge is 0.252 e. The topological polar surface area (TPSA) is 29.1 Å². The number of hydrogen-bond donors (Lipinski definition) is 1. The van der Waals surface area contributed by atoms with Crippen LogP contribution in [0, 0.1) is 8.80 Å². The van der Waals surface area contributed by atoms with Gasteiger partial charge in [0.2, 0.25) is 0 Å². The summed E-state index contributed by atoms with van der Waals surface area (Å²) in [7, 11) is 0. The van der Waals surface area contributed by atoms with Crippen LogP contribution in [0.3, 0.4) is 0 Å². The van der Waals surface area contributed by atoms with E-state index in [4.69, 9.17) is 0 Å². The molecule has 0 aliphatic heterocycles. The van der Waals surface area contributed by atoms with Crippen LogP contribution >= 0.6 is 33.9 Å². The number of hydrogen-bond acceptors (Lipinski definition) is 2. The lowest BCUT2D eigenvalue weighted by atomic mass is 9.83. The van der Waals surface area contributed by atoms with E-state index >= 15 is 0 Å². The van der Waals surface area contributed by atoms with E-state index < -0.39 is 0 Å². The highest BCUT2D eigenvalue weighted by Gasteiger charge is 2.17. The SMILES string of the molecule is O=C(NCCC1CCC1)c1csc(I)c1. The predicted octanol–water partition coefficient (Wildman–Crippen LogP) is 3.27. The first-order valence-corrected chi connectivity index (χ1v) is 7.24. The molecule has 0 aromatic carbocycles. The average Bonchev–Trinajstić information content (AvgIpc) is 2.56. The van der Waals surface area contributed by atoms with Crippen molar-refractivity contribution < 1.29 is 4.79 Å². The summed E-state index contributed by atoms with van der Waals surface area (Å²) in [5.74, 6) is 0.946. The Morgan fingerprint density at radius 3 is 2.93 bits per heavy atom. The summed E-state index contributed by atoms with van der Waals surface area (Å²) in [6.45, 7) is 0.829. The third kappa shape index (κ3) is 3.17. The van der Waals surface area contributed by atoms with Gasteiger partial charge in [0, 0.05) is 11.9 Å². The van der Waals surface area contributed by atoms with E-state index in [9.17, 15) is 4.79 Å². The minimum absolute atomic E-state index is 0.0773. The van der Waals surface area contributed by atoms with Crippen molar-refractivity contribution in [2.24, 2.45) is 5.92 Å². The Labute approximate surface area is 108 Å². The molecule has 0 bridgehead atoms. The third-order valence-corrected chi connectivity index (χ3v) is 4.68. The fourth-order valence-corrected chi connectivity index (χ4v) is 3.03. The van der Waals surface area contributed by atoms with Gasteiger partial charge in [0.25, 0.3) is 5.91 Å². The zero-order valence-corrected chi connectivity index (χ0v) is 11.4. The van der Waals surface area contributed by atoms with Gasteiger partial charge in [-0.05, 0) is 41.0 Å². The van der Waals surface area contributed by atoms with Gasteiger partial charge in [0.1, 0.15) is 0 Å². The molecule has 1 heterocycles. The van der Waals surface area contributed by atoms with Crippen LogP contribution in [0.4, 0.5) is 0 Å². The first-order valence-electron chi connectivity index (χ1n) is 5.28. The normalized spacial score (nSPS) is 16.1. The number of rotatable bonds is 4. The summed E-state index contributed by atoms with van der Waals surface area (Å²) in [5, 5.41) is 4.89. The lowest BCUT2D eigenvalue weighted by Crippen LogP contribution is -2.27. The lowest BCUT2D eigenvalue weighted by Gasteiger charge is -2.25. The Balaban J connectivity index is 1.72. The van der Waals surface area contributed by atoms with Crippen molar-refractivity contribution in [2.45, 2.75) is 25.7 Å². The van der Waals surface area contributed by atoms with Gasteiger partial charge in [-0.1, -0.05) is 19.3 Å². The fraction of sp³-hybridized carbons (Fsp3) is 0.545. The molecule has 1 aliphatic carbocycles. The largest absolute Gasteiger partial charge is 0.352 e. The highest BCUT2D eigenvalue weighted by atomic mass is 127. The van der Waals surface area contributed by atoms with Crippen molar-refractivity contribution in [3.63, 3.8) is 0 Å². The maximum absolute atomic E-state index is 11.6. The van der Waals surface area contributed by atoms with Crippen molar-refractivity contribution >= 4 is 39.8 Å². The van der Waals surface area contributed by atoms with Gasteiger partial charge in [0.05, 0.1) is 8.45 Å². The molecule has 1 amide bonds. The number of amides is 1. The van der Waals surface area contributed by atoms with E-state index in [0.29, 0.717) is 0 Å². The molecule has 0 radical (unpaired) electrons. The van der Waals surface area contributed by atoms with Crippen LogP contribution < -0.4 is 5.32 Å². The van der Waals surface area contributed by atoms with Crippen molar-refractivity contribution in [1.82, 2.24) is 5.32 Å². The summed E-state index contributed by atoms with van der Waals surface area (Å²) in [6, 6.07) is 1.93. The molecule has 1 aromatic rings. The van der Waals surface area contributed by atoms with Crippen molar-refractivity contribution in [3.8, 4) is 0 Å². The maximum Gasteiger partial charge on any atom is 0.252 e. The zero-order valence-electron chi connectivity index (χ0n) is 8.46. The summed E-state index contributed by atoms with van der Waals surface area (Å²) in [6.07, 6.45) is 5.23. The van der Waals surface area contributed by atoms with Crippen LogP contribution in [0.1, 0.15) is 36.0 Å². The molecule has 4 heteroatoms.